The normalized spacial score (nSPS) is 14.8. The molecule has 4 N–H and O–H groups in total. The van der Waals surface area contributed by atoms with Gasteiger partial charge < -0.3 is 14.9 Å². The van der Waals surface area contributed by atoms with Gasteiger partial charge in [0.25, 0.3) is 5.91 Å². The number of ether oxygens (including phenoxy) is 1. The third-order valence-electron chi connectivity index (χ3n) is 3.77. The van der Waals surface area contributed by atoms with E-state index in [-0.39, 0.29) is 19.1 Å². The topological polar surface area (TPSA) is 99.0 Å². The third-order valence-corrected chi connectivity index (χ3v) is 3.77. The first-order valence-corrected chi connectivity index (χ1v) is 7.05. The van der Waals surface area contributed by atoms with Crippen molar-refractivity contribution in [1.82, 2.24) is 5.48 Å². The van der Waals surface area contributed by atoms with Crippen molar-refractivity contribution < 1.29 is 25.0 Å². The van der Waals surface area contributed by atoms with Crippen molar-refractivity contribution in [3.63, 3.8) is 0 Å². The van der Waals surface area contributed by atoms with Crippen LogP contribution in [0.25, 0.3) is 0 Å². The van der Waals surface area contributed by atoms with Crippen molar-refractivity contribution in [3.8, 4) is 5.75 Å². The lowest BCUT2D eigenvalue weighted by molar-refractivity contribution is -0.125. The molecule has 1 aromatic carbocycles. The maximum Gasteiger partial charge on any atom is 0.270 e. The van der Waals surface area contributed by atoms with Crippen LogP contribution in [0.5, 0.6) is 5.75 Å². The Hall–Kier alpha value is -1.89. The van der Waals surface area contributed by atoms with Crippen molar-refractivity contribution in [3.05, 3.63) is 41.0 Å². The summed E-state index contributed by atoms with van der Waals surface area (Å²) < 4.78 is 5.26. The molecule has 0 heterocycles. The zero-order chi connectivity index (χ0) is 16.7. The number of carbonyl (C=O) groups is 1. The predicted octanol–water partition coefficient (Wildman–Crippen LogP) is 1.57. The number of benzene rings is 1. The van der Waals surface area contributed by atoms with Crippen LogP contribution < -0.4 is 10.2 Å². The molecule has 6 heteroatoms. The van der Waals surface area contributed by atoms with Crippen LogP contribution >= 0.6 is 0 Å². The Labute approximate surface area is 130 Å². The number of aliphatic hydroxyl groups excluding tert-OH is 2. The molecule has 0 spiro atoms. The minimum atomic E-state index is -0.784. The van der Waals surface area contributed by atoms with Crippen molar-refractivity contribution in [2.45, 2.75) is 26.9 Å². The van der Waals surface area contributed by atoms with Crippen LogP contribution in [-0.4, -0.2) is 34.5 Å². The highest BCUT2D eigenvalue weighted by Gasteiger charge is 2.21. The summed E-state index contributed by atoms with van der Waals surface area (Å²) in [7, 11) is 0. The lowest BCUT2D eigenvalue weighted by atomic mass is 9.88. The first-order valence-electron chi connectivity index (χ1n) is 7.05. The third kappa shape index (κ3) is 4.56. The second-order valence-electron chi connectivity index (χ2n) is 5.12. The van der Waals surface area contributed by atoms with E-state index in [2.05, 4.69) is 0 Å². The standard InChI is InChI=1S/C16H23NO5/c1-10(12(3)16(20)17-21)11(2)15(19)13-4-6-14(7-5-13)22-9-8-18/h4-7,11,15,18-19,21H,8-9H2,1-3H3,(H,17,20)/b12-10+/t11-,15+/m0/s1. The van der Waals surface area contributed by atoms with E-state index >= 15 is 0 Å². The zero-order valence-electron chi connectivity index (χ0n) is 13.0. The molecule has 122 valence electrons. The summed E-state index contributed by atoms with van der Waals surface area (Å²) in [6.07, 6.45) is -0.784. The van der Waals surface area contributed by atoms with Crippen LogP contribution in [0, 0.1) is 5.92 Å². The smallest absolute Gasteiger partial charge is 0.270 e. The summed E-state index contributed by atoms with van der Waals surface area (Å²) >= 11 is 0. The Balaban J connectivity index is 2.86. The number of nitrogens with one attached hydrogen (secondary N) is 1. The molecule has 1 aromatic rings. The molecule has 1 rings (SSSR count). The Bertz CT molecular complexity index is 524. The first kappa shape index (κ1) is 18.2. The Kier molecular flexibility index (Phi) is 7.04. The number of aliphatic hydroxyl groups is 2. The van der Waals surface area contributed by atoms with Crippen LogP contribution in [0.4, 0.5) is 0 Å². The number of hydrogen-bond acceptors (Lipinski definition) is 5. The van der Waals surface area contributed by atoms with Crippen molar-refractivity contribution in [2.24, 2.45) is 5.92 Å². The molecule has 0 bridgehead atoms. The maximum atomic E-state index is 11.4. The molecule has 0 saturated heterocycles. The summed E-state index contributed by atoms with van der Waals surface area (Å²) in [5, 5.41) is 27.8. The van der Waals surface area contributed by atoms with Gasteiger partial charge >= 0.3 is 0 Å². The number of carbonyl (C=O) groups excluding carboxylic acids is 1. The number of rotatable bonds is 7. The van der Waals surface area contributed by atoms with Crippen LogP contribution in [0.1, 0.15) is 32.4 Å². The van der Waals surface area contributed by atoms with E-state index in [0.717, 1.165) is 0 Å². The largest absolute Gasteiger partial charge is 0.491 e. The average molecular weight is 309 g/mol. The highest BCUT2D eigenvalue weighted by atomic mass is 16.5. The summed E-state index contributed by atoms with van der Waals surface area (Å²) in [4.78, 5) is 11.4. The summed E-state index contributed by atoms with van der Waals surface area (Å²) in [6, 6.07) is 6.91. The minimum absolute atomic E-state index is 0.0579. The van der Waals surface area contributed by atoms with E-state index in [4.69, 9.17) is 15.1 Å². The zero-order valence-corrected chi connectivity index (χ0v) is 13.0. The van der Waals surface area contributed by atoms with Gasteiger partial charge in [-0.15, -0.1) is 0 Å². The molecule has 0 unspecified atom stereocenters. The quantitative estimate of drug-likeness (QED) is 0.348. The van der Waals surface area contributed by atoms with Crippen molar-refractivity contribution in [2.75, 3.05) is 13.2 Å². The molecule has 0 radical (unpaired) electrons. The molecule has 1 amide bonds. The fourth-order valence-electron chi connectivity index (χ4n) is 2.05. The summed E-state index contributed by atoms with van der Waals surface area (Å²) in [6.45, 7) is 5.31. The van der Waals surface area contributed by atoms with Gasteiger partial charge in [-0.2, -0.15) is 0 Å². The van der Waals surface area contributed by atoms with E-state index in [1.807, 2.05) is 6.92 Å². The Morgan fingerprint density at radius 2 is 1.86 bits per heavy atom. The van der Waals surface area contributed by atoms with Crippen LogP contribution in [-0.2, 0) is 4.79 Å². The van der Waals surface area contributed by atoms with E-state index in [0.29, 0.717) is 22.5 Å². The second-order valence-corrected chi connectivity index (χ2v) is 5.12. The molecule has 0 fully saturated rings. The van der Waals surface area contributed by atoms with Gasteiger partial charge in [-0.25, -0.2) is 5.48 Å². The first-order chi connectivity index (χ1) is 10.4. The van der Waals surface area contributed by atoms with E-state index in [9.17, 15) is 9.90 Å². The Morgan fingerprint density at radius 3 is 2.36 bits per heavy atom. The molecule has 0 saturated carbocycles. The lowest BCUT2D eigenvalue weighted by Gasteiger charge is -2.22. The van der Waals surface area contributed by atoms with Crippen LogP contribution in [0.3, 0.4) is 0 Å². The summed E-state index contributed by atoms with van der Waals surface area (Å²) in [5.41, 5.74) is 3.35. The van der Waals surface area contributed by atoms with Gasteiger partial charge in [0.2, 0.25) is 0 Å². The van der Waals surface area contributed by atoms with Gasteiger partial charge in [-0.05, 0) is 31.5 Å². The lowest BCUT2D eigenvalue weighted by Crippen LogP contribution is -2.22. The molecule has 0 aliphatic heterocycles. The minimum Gasteiger partial charge on any atom is -0.491 e. The molecular formula is C16H23NO5. The molecule has 6 nitrogen and oxygen atoms in total. The maximum absolute atomic E-state index is 11.4. The highest BCUT2D eigenvalue weighted by molar-refractivity contribution is 5.92. The second kappa shape index (κ2) is 8.53. The van der Waals surface area contributed by atoms with Crippen LogP contribution in [0.2, 0.25) is 0 Å². The molecule has 22 heavy (non-hydrogen) atoms. The molecule has 0 aliphatic rings. The SMILES string of the molecule is C/C(C(=O)NO)=C(/C)[C@H](C)[C@@H](O)c1ccc(OCCO)cc1. The molecule has 0 aromatic heterocycles. The van der Waals surface area contributed by atoms with Crippen LogP contribution in [0.15, 0.2) is 35.4 Å². The molecular weight excluding hydrogens is 286 g/mol. The van der Waals surface area contributed by atoms with Gasteiger partial charge in [0.15, 0.2) is 0 Å². The molecule has 2 atom stereocenters. The fourth-order valence-corrected chi connectivity index (χ4v) is 2.05. The number of hydrogen-bond donors (Lipinski definition) is 4. The Morgan fingerprint density at radius 1 is 1.27 bits per heavy atom. The van der Waals surface area contributed by atoms with Gasteiger partial charge in [0.05, 0.1) is 12.7 Å². The molecule has 0 aliphatic carbocycles. The predicted molar refractivity (Wildman–Crippen MR) is 81.4 cm³/mol. The fraction of sp³-hybridized carbons (Fsp3) is 0.438. The van der Waals surface area contributed by atoms with Crippen molar-refractivity contribution in [1.29, 1.82) is 0 Å². The number of amides is 1. The van der Waals surface area contributed by atoms with Crippen molar-refractivity contribution >= 4 is 5.91 Å². The van der Waals surface area contributed by atoms with Gasteiger partial charge in [-0.3, -0.25) is 10.0 Å². The van der Waals surface area contributed by atoms with Gasteiger partial charge in [0.1, 0.15) is 12.4 Å². The average Bonchev–Trinajstić information content (AvgIpc) is 2.56. The van der Waals surface area contributed by atoms with Gasteiger partial charge in [0, 0.05) is 11.5 Å². The van der Waals surface area contributed by atoms with E-state index in [1.165, 1.54) is 0 Å². The highest BCUT2D eigenvalue weighted by Crippen LogP contribution is 2.30. The number of hydroxylamine groups is 1. The van der Waals surface area contributed by atoms with E-state index < -0.39 is 12.0 Å². The monoisotopic (exact) mass is 309 g/mol. The van der Waals surface area contributed by atoms with E-state index in [1.54, 1.807) is 43.6 Å². The van der Waals surface area contributed by atoms with Gasteiger partial charge in [-0.1, -0.05) is 24.6 Å². The summed E-state index contributed by atoms with van der Waals surface area (Å²) in [5.74, 6) is -0.258.